The van der Waals surface area contributed by atoms with Crippen LogP contribution < -0.4 is 0 Å². The molecule has 0 radical (unpaired) electrons. The summed E-state index contributed by atoms with van der Waals surface area (Å²) in [5, 5.41) is 10.8. The Bertz CT molecular complexity index is 575. The molecule has 0 spiro atoms. The molecule has 2 heteroatoms. The summed E-state index contributed by atoms with van der Waals surface area (Å²) >= 11 is 0. The van der Waals surface area contributed by atoms with Crippen molar-refractivity contribution < 1.29 is 5.11 Å². The molecule has 2 nitrogen and oxygen atoms in total. The largest absolute Gasteiger partial charge is 0.392 e. The van der Waals surface area contributed by atoms with Crippen LogP contribution in [0.3, 0.4) is 0 Å². The molecule has 0 saturated heterocycles. The fourth-order valence-corrected chi connectivity index (χ4v) is 2.81. The predicted molar refractivity (Wildman–Crippen MR) is 69.1 cm³/mol. The van der Waals surface area contributed by atoms with Gasteiger partial charge >= 0.3 is 0 Å². The summed E-state index contributed by atoms with van der Waals surface area (Å²) in [4.78, 5) is 4.73. The van der Waals surface area contributed by atoms with Crippen LogP contribution in [-0.2, 0) is 25.9 Å². The molecule has 88 valence electrons. The van der Waals surface area contributed by atoms with E-state index in [1.54, 1.807) is 0 Å². The number of aliphatic hydroxyl groups is 1. The number of aromatic nitrogens is 1. The Morgan fingerprint density at radius 3 is 2.94 bits per heavy atom. The highest BCUT2D eigenvalue weighted by Gasteiger charge is 2.18. The lowest BCUT2D eigenvalue weighted by Crippen LogP contribution is -1.99. The minimum Gasteiger partial charge on any atom is -0.392 e. The molecule has 1 aliphatic carbocycles. The van der Waals surface area contributed by atoms with E-state index in [1.807, 2.05) is 0 Å². The van der Waals surface area contributed by atoms with Gasteiger partial charge in [-0.25, -0.2) is 0 Å². The molecule has 0 aliphatic heterocycles. The Labute approximate surface area is 101 Å². The highest BCUT2D eigenvalue weighted by molar-refractivity contribution is 5.84. The van der Waals surface area contributed by atoms with Crippen LogP contribution in [0.4, 0.5) is 0 Å². The number of aliphatic hydroxyl groups excluding tert-OH is 1. The number of rotatable bonds is 2. The first-order valence-corrected chi connectivity index (χ1v) is 6.37. The van der Waals surface area contributed by atoms with E-state index in [-0.39, 0.29) is 6.61 Å². The molecule has 0 atom stereocenters. The molecule has 1 aromatic carbocycles. The second kappa shape index (κ2) is 4.11. The van der Waals surface area contributed by atoms with E-state index >= 15 is 0 Å². The Morgan fingerprint density at radius 1 is 1.29 bits per heavy atom. The average Bonchev–Trinajstić information content (AvgIpc) is 2.82. The van der Waals surface area contributed by atoms with Crippen LogP contribution in [0.25, 0.3) is 10.9 Å². The standard InChI is InChI=1S/C15H17NO/c1-2-10-6-7-15-12(8-10)13(9-17)11-4-3-5-14(11)16-15/h6-8,17H,2-5,9H2,1H3. The van der Waals surface area contributed by atoms with E-state index in [0.717, 1.165) is 35.7 Å². The second-order valence-corrected chi connectivity index (χ2v) is 4.73. The molecule has 0 fully saturated rings. The Balaban J connectivity index is 2.33. The van der Waals surface area contributed by atoms with Crippen molar-refractivity contribution in [3.05, 3.63) is 40.6 Å². The van der Waals surface area contributed by atoms with Crippen molar-refractivity contribution in [1.82, 2.24) is 4.98 Å². The van der Waals surface area contributed by atoms with Gasteiger partial charge in [0.25, 0.3) is 0 Å². The molecule has 1 N–H and O–H groups in total. The predicted octanol–water partition coefficient (Wildman–Crippen LogP) is 2.78. The number of nitrogens with zero attached hydrogens (tertiary/aromatic N) is 1. The molecular formula is C15H17NO. The smallest absolute Gasteiger partial charge is 0.0709 e. The highest BCUT2D eigenvalue weighted by Crippen LogP contribution is 2.30. The van der Waals surface area contributed by atoms with Crippen LogP contribution in [-0.4, -0.2) is 10.1 Å². The van der Waals surface area contributed by atoms with Crippen LogP contribution in [0.2, 0.25) is 0 Å². The summed E-state index contributed by atoms with van der Waals surface area (Å²) in [6, 6.07) is 6.41. The van der Waals surface area contributed by atoms with Gasteiger partial charge < -0.3 is 5.11 Å². The number of benzene rings is 1. The third-order valence-corrected chi connectivity index (χ3v) is 3.76. The average molecular weight is 227 g/mol. The molecule has 1 aromatic heterocycles. The van der Waals surface area contributed by atoms with Crippen molar-refractivity contribution in [2.24, 2.45) is 0 Å². The van der Waals surface area contributed by atoms with Gasteiger partial charge in [0.15, 0.2) is 0 Å². The third-order valence-electron chi connectivity index (χ3n) is 3.76. The summed E-state index contributed by atoms with van der Waals surface area (Å²) in [5.74, 6) is 0. The van der Waals surface area contributed by atoms with E-state index in [1.165, 1.54) is 23.2 Å². The normalized spacial score (nSPS) is 14.2. The van der Waals surface area contributed by atoms with E-state index in [4.69, 9.17) is 4.98 Å². The van der Waals surface area contributed by atoms with Crippen molar-refractivity contribution in [2.75, 3.05) is 0 Å². The van der Waals surface area contributed by atoms with Crippen molar-refractivity contribution in [2.45, 2.75) is 39.2 Å². The van der Waals surface area contributed by atoms with Gasteiger partial charge in [0.1, 0.15) is 0 Å². The highest BCUT2D eigenvalue weighted by atomic mass is 16.3. The lowest BCUT2D eigenvalue weighted by molar-refractivity contribution is 0.282. The van der Waals surface area contributed by atoms with Crippen molar-refractivity contribution in [3.8, 4) is 0 Å². The first kappa shape index (κ1) is 10.7. The first-order chi connectivity index (χ1) is 8.33. The van der Waals surface area contributed by atoms with Gasteiger partial charge in [0.2, 0.25) is 0 Å². The lowest BCUT2D eigenvalue weighted by Gasteiger charge is -2.11. The minimum atomic E-state index is 0.133. The number of aryl methyl sites for hydroxylation is 2. The lowest BCUT2D eigenvalue weighted by atomic mass is 9.99. The van der Waals surface area contributed by atoms with E-state index < -0.39 is 0 Å². The summed E-state index contributed by atoms with van der Waals surface area (Å²) < 4.78 is 0. The van der Waals surface area contributed by atoms with Crippen LogP contribution in [0, 0.1) is 0 Å². The fraction of sp³-hybridized carbons (Fsp3) is 0.400. The van der Waals surface area contributed by atoms with Crippen LogP contribution in [0.15, 0.2) is 18.2 Å². The summed E-state index contributed by atoms with van der Waals surface area (Å²) in [6.45, 7) is 2.29. The summed E-state index contributed by atoms with van der Waals surface area (Å²) in [7, 11) is 0. The van der Waals surface area contributed by atoms with Gasteiger partial charge in [0, 0.05) is 11.1 Å². The SMILES string of the molecule is CCc1ccc2nc3c(c(CO)c2c1)CCC3. The maximum Gasteiger partial charge on any atom is 0.0709 e. The summed E-state index contributed by atoms with van der Waals surface area (Å²) in [5.41, 5.74) is 5.95. The molecule has 3 rings (SSSR count). The molecule has 1 aliphatic rings. The van der Waals surface area contributed by atoms with E-state index in [9.17, 15) is 5.11 Å². The minimum absolute atomic E-state index is 0.133. The Hall–Kier alpha value is -1.41. The zero-order valence-electron chi connectivity index (χ0n) is 10.2. The van der Waals surface area contributed by atoms with Crippen molar-refractivity contribution in [3.63, 3.8) is 0 Å². The number of hydrogen-bond donors (Lipinski definition) is 1. The number of fused-ring (bicyclic) bond motifs is 2. The zero-order valence-corrected chi connectivity index (χ0v) is 10.2. The fourth-order valence-electron chi connectivity index (χ4n) is 2.81. The second-order valence-electron chi connectivity index (χ2n) is 4.73. The van der Waals surface area contributed by atoms with Gasteiger partial charge in [-0.3, -0.25) is 4.98 Å². The van der Waals surface area contributed by atoms with Gasteiger partial charge in [-0.2, -0.15) is 0 Å². The molecule has 17 heavy (non-hydrogen) atoms. The van der Waals surface area contributed by atoms with Crippen molar-refractivity contribution in [1.29, 1.82) is 0 Å². The monoisotopic (exact) mass is 227 g/mol. The van der Waals surface area contributed by atoms with Gasteiger partial charge in [-0.15, -0.1) is 0 Å². The zero-order chi connectivity index (χ0) is 11.8. The van der Waals surface area contributed by atoms with Crippen molar-refractivity contribution >= 4 is 10.9 Å². The van der Waals surface area contributed by atoms with E-state index in [2.05, 4.69) is 25.1 Å². The third kappa shape index (κ3) is 1.64. The van der Waals surface area contributed by atoms with Gasteiger partial charge in [-0.1, -0.05) is 13.0 Å². The molecule has 2 aromatic rings. The molecular weight excluding hydrogens is 210 g/mol. The molecule has 0 amide bonds. The van der Waals surface area contributed by atoms with Crippen LogP contribution in [0.1, 0.15) is 35.7 Å². The molecule has 1 heterocycles. The molecule has 0 bridgehead atoms. The number of pyridine rings is 1. The quantitative estimate of drug-likeness (QED) is 0.855. The maximum absolute atomic E-state index is 9.64. The van der Waals surface area contributed by atoms with Gasteiger partial charge in [0.05, 0.1) is 12.1 Å². The first-order valence-electron chi connectivity index (χ1n) is 6.37. The number of hydrogen-bond acceptors (Lipinski definition) is 2. The summed E-state index contributed by atoms with van der Waals surface area (Å²) in [6.07, 6.45) is 4.34. The molecule has 0 unspecified atom stereocenters. The Kier molecular flexibility index (Phi) is 2.60. The topological polar surface area (TPSA) is 33.1 Å². The van der Waals surface area contributed by atoms with Crippen LogP contribution in [0.5, 0.6) is 0 Å². The van der Waals surface area contributed by atoms with Crippen LogP contribution >= 0.6 is 0 Å². The van der Waals surface area contributed by atoms with Gasteiger partial charge in [-0.05, 0) is 54.5 Å². The van der Waals surface area contributed by atoms with E-state index in [0.29, 0.717) is 0 Å². The maximum atomic E-state index is 9.64. The molecule has 0 saturated carbocycles. The Morgan fingerprint density at radius 2 is 2.18 bits per heavy atom.